The van der Waals surface area contributed by atoms with E-state index in [1.807, 2.05) is 0 Å². The van der Waals surface area contributed by atoms with Crippen LogP contribution in [0.3, 0.4) is 0 Å². The van der Waals surface area contributed by atoms with E-state index in [1.165, 1.54) is 110 Å². The van der Waals surface area contributed by atoms with Crippen LogP contribution in [0.1, 0.15) is 71.4 Å². The number of nitrogens with zero attached hydrogens (tertiary/aromatic N) is 1. The first-order valence-corrected chi connectivity index (χ1v) is 24.7. The maximum absolute atomic E-state index is 2.52. The van der Waals surface area contributed by atoms with Gasteiger partial charge in [-0.3, -0.25) is 0 Å². The van der Waals surface area contributed by atoms with E-state index in [1.54, 1.807) is 5.56 Å². The molecule has 4 fully saturated rings. The Hall–Kier alpha value is -7.22. The molecule has 0 aromatic heterocycles. The molecular weight excluding hydrogens is 807 g/mol. The highest BCUT2D eigenvalue weighted by molar-refractivity contribution is 5.93. The van der Waals surface area contributed by atoms with Gasteiger partial charge in [0.25, 0.3) is 0 Å². The van der Waals surface area contributed by atoms with Gasteiger partial charge in [-0.2, -0.15) is 0 Å². The number of anilines is 3. The standard InChI is InChI=1S/C66H55N/c1-44-16-15-27-62-64(44)61-37-36-56(43-63(61)66(62,52-19-7-3-8-20-52)53-21-9-4-10-22-53)67(55-34-30-49(31-35-55)65-50-39-45-38-46(41-50)42-51(65)40-45)54-32-28-48(29-33-54)58-24-12-14-26-60(58)59-25-13-11-23-57(59)47-17-5-2-6-18-47/h2-37,43,45-46,50-51,65H,38-42H2,1H3. The quantitative estimate of drug-likeness (QED) is 0.140. The minimum atomic E-state index is -0.492. The van der Waals surface area contributed by atoms with Crippen LogP contribution in [0.4, 0.5) is 17.1 Å². The van der Waals surface area contributed by atoms with Crippen molar-refractivity contribution in [2.75, 3.05) is 4.90 Å². The summed E-state index contributed by atoms with van der Waals surface area (Å²) in [6, 6.07) is 84.3. The van der Waals surface area contributed by atoms with Crippen molar-refractivity contribution in [3.8, 4) is 44.5 Å². The monoisotopic (exact) mass is 861 g/mol. The molecule has 4 saturated carbocycles. The van der Waals surface area contributed by atoms with Crippen molar-refractivity contribution in [1.82, 2.24) is 0 Å². The SMILES string of the molecule is Cc1cccc2c1-c1ccc(N(c3ccc(-c4ccccc4-c4ccccc4-c4ccccc4)cc3)c3ccc(C4C5CC6CC(C5)CC4C6)cc3)cc1C2(c1ccccc1)c1ccccc1. The highest BCUT2D eigenvalue weighted by Gasteiger charge is 2.49. The third-order valence-electron chi connectivity index (χ3n) is 16.5. The largest absolute Gasteiger partial charge is 0.310 e. The summed E-state index contributed by atoms with van der Waals surface area (Å²) in [5, 5.41) is 0. The van der Waals surface area contributed by atoms with Gasteiger partial charge in [-0.25, -0.2) is 0 Å². The Labute approximate surface area is 396 Å². The van der Waals surface area contributed by atoms with Gasteiger partial charge in [-0.1, -0.05) is 188 Å². The van der Waals surface area contributed by atoms with E-state index in [0.717, 1.165) is 35.0 Å². The molecule has 0 heterocycles. The Balaban J connectivity index is 0.963. The van der Waals surface area contributed by atoms with Crippen molar-refractivity contribution in [1.29, 1.82) is 0 Å². The minimum absolute atomic E-state index is 0.492. The number of aryl methyl sites for hydroxylation is 1. The van der Waals surface area contributed by atoms with Crippen LogP contribution in [-0.2, 0) is 5.41 Å². The van der Waals surface area contributed by atoms with Crippen LogP contribution in [0, 0.1) is 30.6 Å². The van der Waals surface area contributed by atoms with Crippen molar-refractivity contribution < 1.29 is 0 Å². The maximum atomic E-state index is 2.52. The molecule has 324 valence electrons. The number of benzene rings is 9. The molecule has 5 aliphatic rings. The number of fused-ring (bicyclic) bond motifs is 3. The van der Waals surface area contributed by atoms with Crippen LogP contribution in [-0.4, -0.2) is 0 Å². The van der Waals surface area contributed by atoms with E-state index in [4.69, 9.17) is 0 Å². The summed E-state index contributed by atoms with van der Waals surface area (Å²) >= 11 is 0. The van der Waals surface area contributed by atoms with E-state index < -0.39 is 5.41 Å². The lowest BCUT2D eigenvalue weighted by Crippen LogP contribution is -2.43. The third kappa shape index (κ3) is 6.57. The summed E-state index contributed by atoms with van der Waals surface area (Å²) in [4.78, 5) is 2.51. The Bertz CT molecular complexity index is 3170. The Morgan fingerprint density at radius 3 is 1.42 bits per heavy atom. The van der Waals surface area contributed by atoms with E-state index >= 15 is 0 Å². The molecule has 9 aromatic carbocycles. The second-order valence-electron chi connectivity index (χ2n) is 20.1. The molecule has 0 aliphatic heterocycles. The lowest BCUT2D eigenvalue weighted by atomic mass is 9.51. The van der Waals surface area contributed by atoms with Gasteiger partial charge in [0.1, 0.15) is 0 Å². The number of rotatable bonds is 9. The fourth-order valence-electron chi connectivity index (χ4n) is 14.0. The molecule has 67 heavy (non-hydrogen) atoms. The zero-order chi connectivity index (χ0) is 44.5. The molecule has 0 N–H and O–H groups in total. The molecule has 5 aliphatic carbocycles. The maximum Gasteiger partial charge on any atom is 0.0714 e. The van der Waals surface area contributed by atoms with Crippen LogP contribution >= 0.6 is 0 Å². The Morgan fingerprint density at radius 1 is 0.373 bits per heavy atom. The van der Waals surface area contributed by atoms with Gasteiger partial charge in [-0.05, 0) is 183 Å². The van der Waals surface area contributed by atoms with E-state index in [0.29, 0.717) is 5.92 Å². The van der Waals surface area contributed by atoms with Crippen molar-refractivity contribution in [3.63, 3.8) is 0 Å². The molecule has 0 amide bonds. The van der Waals surface area contributed by atoms with Gasteiger partial charge in [0.15, 0.2) is 0 Å². The molecule has 4 bridgehead atoms. The number of hydrogen-bond donors (Lipinski definition) is 0. The van der Waals surface area contributed by atoms with Crippen molar-refractivity contribution in [2.24, 2.45) is 23.7 Å². The summed E-state index contributed by atoms with van der Waals surface area (Å²) in [5.74, 6) is 4.32. The third-order valence-corrected chi connectivity index (χ3v) is 16.5. The van der Waals surface area contributed by atoms with Crippen LogP contribution in [0.5, 0.6) is 0 Å². The molecule has 0 atom stereocenters. The summed E-state index contributed by atoms with van der Waals surface area (Å²) in [6.07, 6.45) is 7.21. The second-order valence-corrected chi connectivity index (χ2v) is 20.1. The molecule has 14 rings (SSSR count). The fourth-order valence-corrected chi connectivity index (χ4v) is 14.0. The van der Waals surface area contributed by atoms with Gasteiger partial charge in [0, 0.05) is 17.1 Å². The van der Waals surface area contributed by atoms with Gasteiger partial charge in [-0.15, -0.1) is 0 Å². The van der Waals surface area contributed by atoms with Crippen molar-refractivity contribution in [3.05, 3.63) is 258 Å². The summed E-state index contributed by atoms with van der Waals surface area (Å²) in [5.41, 5.74) is 21.1. The average Bonchev–Trinajstić information content (AvgIpc) is 3.69. The van der Waals surface area contributed by atoms with Gasteiger partial charge < -0.3 is 4.90 Å². The highest BCUT2D eigenvalue weighted by atomic mass is 15.1. The van der Waals surface area contributed by atoms with Gasteiger partial charge in [0.2, 0.25) is 0 Å². The fraction of sp³-hybridized carbons (Fsp3) is 0.182. The van der Waals surface area contributed by atoms with Crippen LogP contribution < -0.4 is 4.90 Å². The molecule has 9 aromatic rings. The average molecular weight is 862 g/mol. The first-order chi connectivity index (χ1) is 33.1. The van der Waals surface area contributed by atoms with E-state index in [2.05, 4.69) is 236 Å². The molecule has 0 radical (unpaired) electrons. The predicted octanol–water partition coefficient (Wildman–Crippen LogP) is 17.4. The summed E-state index contributed by atoms with van der Waals surface area (Å²) < 4.78 is 0. The molecule has 0 saturated heterocycles. The molecule has 0 spiro atoms. The lowest BCUT2D eigenvalue weighted by Gasteiger charge is -2.54. The Morgan fingerprint density at radius 2 is 0.851 bits per heavy atom. The lowest BCUT2D eigenvalue weighted by molar-refractivity contribution is -0.00277. The summed E-state index contributed by atoms with van der Waals surface area (Å²) in [7, 11) is 0. The van der Waals surface area contributed by atoms with Crippen LogP contribution in [0.15, 0.2) is 224 Å². The highest BCUT2D eigenvalue weighted by Crippen LogP contribution is 2.61. The predicted molar refractivity (Wildman–Crippen MR) is 279 cm³/mol. The van der Waals surface area contributed by atoms with Crippen molar-refractivity contribution >= 4 is 17.1 Å². The first-order valence-electron chi connectivity index (χ1n) is 24.7. The smallest absolute Gasteiger partial charge is 0.0714 e. The van der Waals surface area contributed by atoms with E-state index in [-0.39, 0.29) is 0 Å². The minimum Gasteiger partial charge on any atom is -0.310 e. The number of hydrogen-bond acceptors (Lipinski definition) is 1. The summed E-state index contributed by atoms with van der Waals surface area (Å²) in [6.45, 7) is 2.28. The van der Waals surface area contributed by atoms with Crippen molar-refractivity contribution in [2.45, 2.75) is 50.4 Å². The van der Waals surface area contributed by atoms with Gasteiger partial charge >= 0.3 is 0 Å². The normalized spacial score (nSPS) is 20.6. The molecule has 0 unspecified atom stereocenters. The van der Waals surface area contributed by atoms with Gasteiger partial charge in [0.05, 0.1) is 5.41 Å². The zero-order valence-corrected chi connectivity index (χ0v) is 38.2. The first kappa shape index (κ1) is 40.1. The molecule has 1 heteroatoms. The van der Waals surface area contributed by atoms with Crippen LogP contribution in [0.25, 0.3) is 44.5 Å². The van der Waals surface area contributed by atoms with Crippen LogP contribution in [0.2, 0.25) is 0 Å². The zero-order valence-electron chi connectivity index (χ0n) is 38.2. The topological polar surface area (TPSA) is 3.24 Å². The van der Waals surface area contributed by atoms with E-state index in [9.17, 15) is 0 Å². The molecular formula is C66H55N. The second kappa shape index (κ2) is 16.3. The Kier molecular flexibility index (Phi) is 9.74. The molecule has 1 nitrogen and oxygen atoms in total.